The van der Waals surface area contributed by atoms with Crippen LogP contribution in [-0.4, -0.2) is 43.1 Å². The molecule has 1 amide bonds. The van der Waals surface area contributed by atoms with E-state index in [4.69, 9.17) is 12.2 Å². The minimum absolute atomic E-state index is 0.0883. The van der Waals surface area contributed by atoms with E-state index in [2.05, 4.69) is 33.5 Å². The average Bonchev–Trinajstić information content (AvgIpc) is 3.46. The van der Waals surface area contributed by atoms with Gasteiger partial charge in [0.2, 0.25) is 5.91 Å². The van der Waals surface area contributed by atoms with Gasteiger partial charge in [-0.3, -0.25) is 9.78 Å². The minimum Gasteiger partial charge on any atom is -0.478 e. The summed E-state index contributed by atoms with van der Waals surface area (Å²) >= 11 is 5.82. The van der Waals surface area contributed by atoms with E-state index in [1.54, 1.807) is 18.3 Å². The molecule has 1 aliphatic heterocycles. The number of hydrogen-bond acceptors (Lipinski definition) is 4. The standard InChI is InChI=1S/C32H33N5O3S/c1-4-22-11-5-7-13-25(22)34-28(38)16-18-36-30(29(35-32(36)41)26-14-9-10-17-33-26)24-19-20(2)37(21(24)3)27-15-8-6-12-23(27)31(39)40/h5-15,17,19,29-30H,4,16,18H2,1-3H3,(H,34,38)(H,35,41)(H,39,40)/t29-,30+/m0/s1. The van der Waals surface area contributed by atoms with Gasteiger partial charge in [-0.25, -0.2) is 4.79 Å². The molecule has 0 spiro atoms. The zero-order chi connectivity index (χ0) is 29.1. The summed E-state index contributed by atoms with van der Waals surface area (Å²) < 4.78 is 1.97. The molecule has 210 valence electrons. The van der Waals surface area contributed by atoms with Gasteiger partial charge >= 0.3 is 5.97 Å². The molecule has 8 nitrogen and oxygen atoms in total. The van der Waals surface area contributed by atoms with Crippen molar-refractivity contribution in [2.45, 2.75) is 45.7 Å². The molecule has 9 heteroatoms. The summed E-state index contributed by atoms with van der Waals surface area (Å²) in [6, 6.07) is 22.2. The lowest BCUT2D eigenvalue weighted by Crippen LogP contribution is -2.33. The molecule has 1 aliphatic rings. The predicted molar refractivity (Wildman–Crippen MR) is 163 cm³/mol. The number of hydrogen-bond donors (Lipinski definition) is 3. The van der Waals surface area contributed by atoms with Gasteiger partial charge in [-0.2, -0.15) is 0 Å². The Morgan fingerprint density at radius 2 is 1.78 bits per heavy atom. The maximum Gasteiger partial charge on any atom is 0.337 e. The van der Waals surface area contributed by atoms with Crippen LogP contribution in [0.15, 0.2) is 79.0 Å². The summed E-state index contributed by atoms with van der Waals surface area (Å²) in [5.74, 6) is -1.07. The Labute approximate surface area is 245 Å². The molecule has 0 aliphatic carbocycles. The highest BCUT2D eigenvalue weighted by Crippen LogP contribution is 2.41. The highest BCUT2D eigenvalue weighted by molar-refractivity contribution is 7.80. The van der Waals surface area contributed by atoms with E-state index < -0.39 is 5.97 Å². The zero-order valence-corrected chi connectivity index (χ0v) is 24.1. The molecule has 1 saturated heterocycles. The molecule has 0 saturated carbocycles. The molecule has 5 rings (SSSR count). The third-order valence-corrected chi connectivity index (χ3v) is 7.97. The number of rotatable bonds is 9. The van der Waals surface area contributed by atoms with Crippen LogP contribution in [-0.2, 0) is 11.2 Å². The van der Waals surface area contributed by atoms with E-state index in [1.807, 2.05) is 73.0 Å². The topological polar surface area (TPSA) is 99.5 Å². The second kappa shape index (κ2) is 11.9. The Hall–Kier alpha value is -4.50. The highest BCUT2D eigenvalue weighted by atomic mass is 32.1. The second-order valence-electron chi connectivity index (χ2n) is 10.1. The van der Waals surface area contributed by atoms with Crippen molar-refractivity contribution in [3.8, 4) is 5.69 Å². The van der Waals surface area contributed by atoms with Crippen LogP contribution in [0.4, 0.5) is 5.69 Å². The van der Waals surface area contributed by atoms with Crippen molar-refractivity contribution in [1.29, 1.82) is 0 Å². The average molecular weight is 568 g/mol. The Bertz CT molecular complexity index is 1600. The van der Waals surface area contributed by atoms with Crippen molar-refractivity contribution in [2.24, 2.45) is 0 Å². The number of anilines is 1. The molecular weight excluding hydrogens is 534 g/mol. The van der Waals surface area contributed by atoms with Crippen molar-refractivity contribution >= 4 is 34.9 Å². The minimum atomic E-state index is -0.984. The third-order valence-electron chi connectivity index (χ3n) is 7.61. The number of carboxylic acid groups (broad SMARTS) is 1. The Morgan fingerprint density at radius 3 is 2.51 bits per heavy atom. The molecular formula is C32H33N5O3S. The third kappa shape index (κ3) is 5.58. The summed E-state index contributed by atoms with van der Waals surface area (Å²) in [5, 5.41) is 16.9. The first kappa shape index (κ1) is 28.0. The molecule has 3 N–H and O–H groups in total. The summed E-state index contributed by atoms with van der Waals surface area (Å²) in [6.45, 7) is 6.42. The van der Waals surface area contributed by atoms with E-state index in [0.29, 0.717) is 17.3 Å². The van der Waals surface area contributed by atoms with E-state index in [-0.39, 0.29) is 30.0 Å². The summed E-state index contributed by atoms with van der Waals surface area (Å²) in [7, 11) is 0. The fourth-order valence-electron chi connectivity index (χ4n) is 5.68. The Balaban J connectivity index is 1.50. The second-order valence-corrected chi connectivity index (χ2v) is 10.5. The van der Waals surface area contributed by atoms with E-state index >= 15 is 0 Å². The molecule has 1 fully saturated rings. The van der Waals surface area contributed by atoms with Crippen molar-refractivity contribution in [1.82, 2.24) is 19.8 Å². The van der Waals surface area contributed by atoms with Gasteiger partial charge in [0.05, 0.1) is 29.0 Å². The first-order chi connectivity index (χ1) is 19.8. The number of thiocarbonyl (C=S) groups is 1. The van der Waals surface area contributed by atoms with Gasteiger partial charge in [0.1, 0.15) is 0 Å². The van der Waals surface area contributed by atoms with Crippen molar-refractivity contribution in [2.75, 3.05) is 11.9 Å². The number of pyridine rings is 1. The SMILES string of the molecule is CCc1ccccc1NC(=O)CCN1C(=S)N[C@@H](c2ccccn2)[C@H]1c1cc(C)n(-c2ccccc2C(=O)O)c1C. The first-order valence-electron chi connectivity index (χ1n) is 13.7. The number of nitrogens with zero attached hydrogens (tertiary/aromatic N) is 3. The molecule has 2 aromatic heterocycles. The number of aromatic nitrogens is 2. The monoisotopic (exact) mass is 567 g/mol. The molecule has 0 bridgehead atoms. The Kier molecular flexibility index (Phi) is 8.16. The molecule has 3 heterocycles. The lowest BCUT2D eigenvalue weighted by molar-refractivity contribution is -0.116. The van der Waals surface area contributed by atoms with Crippen LogP contribution in [0.1, 0.15) is 64.0 Å². The van der Waals surface area contributed by atoms with Gasteiger partial charge in [0.15, 0.2) is 5.11 Å². The fraction of sp³-hybridized carbons (Fsp3) is 0.250. The maximum atomic E-state index is 13.1. The molecule has 2 atom stereocenters. The quantitative estimate of drug-likeness (QED) is 0.222. The number of carboxylic acids is 1. The number of carbonyl (C=O) groups is 2. The number of carbonyl (C=O) groups excluding carboxylic acids is 1. The predicted octanol–water partition coefficient (Wildman–Crippen LogP) is 5.75. The molecule has 0 unspecified atom stereocenters. The summed E-state index contributed by atoms with van der Waals surface area (Å²) in [6.07, 6.45) is 2.82. The van der Waals surface area contributed by atoms with Crippen LogP contribution < -0.4 is 10.6 Å². The molecule has 41 heavy (non-hydrogen) atoms. The van der Waals surface area contributed by atoms with Crippen LogP contribution in [0.25, 0.3) is 5.69 Å². The van der Waals surface area contributed by atoms with Crippen LogP contribution in [0.2, 0.25) is 0 Å². The number of amides is 1. The lowest BCUT2D eigenvalue weighted by Gasteiger charge is -2.28. The van der Waals surface area contributed by atoms with E-state index in [0.717, 1.165) is 40.3 Å². The largest absolute Gasteiger partial charge is 0.478 e. The van der Waals surface area contributed by atoms with Crippen molar-refractivity contribution < 1.29 is 14.7 Å². The summed E-state index contributed by atoms with van der Waals surface area (Å²) in [5.41, 5.74) is 6.36. The fourth-order valence-corrected chi connectivity index (χ4v) is 6.01. The number of para-hydroxylation sites is 2. The number of aromatic carboxylic acids is 1. The number of benzene rings is 2. The lowest BCUT2D eigenvalue weighted by atomic mass is 9.96. The van der Waals surface area contributed by atoms with Gasteiger partial charge in [-0.05, 0) is 80.0 Å². The van der Waals surface area contributed by atoms with Crippen LogP contribution in [0.5, 0.6) is 0 Å². The normalized spacial score (nSPS) is 16.5. The molecule has 0 radical (unpaired) electrons. The molecule has 4 aromatic rings. The van der Waals surface area contributed by atoms with Gasteiger partial charge in [0.25, 0.3) is 0 Å². The van der Waals surface area contributed by atoms with E-state index in [9.17, 15) is 14.7 Å². The first-order valence-corrected chi connectivity index (χ1v) is 14.1. The van der Waals surface area contributed by atoms with Crippen LogP contribution in [0.3, 0.4) is 0 Å². The van der Waals surface area contributed by atoms with Gasteiger partial charge in [-0.1, -0.05) is 43.3 Å². The van der Waals surface area contributed by atoms with Crippen molar-refractivity contribution in [3.05, 3.63) is 113 Å². The van der Waals surface area contributed by atoms with Crippen LogP contribution in [0, 0.1) is 13.8 Å². The smallest absolute Gasteiger partial charge is 0.337 e. The van der Waals surface area contributed by atoms with Gasteiger partial charge in [0, 0.05) is 36.2 Å². The Morgan fingerprint density at radius 1 is 1.05 bits per heavy atom. The zero-order valence-electron chi connectivity index (χ0n) is 23.3. The molecule has 2 aromatic carbocycles. The van der Waals surface area contributed by atoms with Gasteiger partial charge in [-0.15, -0.1) is 0 Å². The number of aryl methyl sites for hydroxylation is 2. The van der Waals surface area contributed by atoms with Gasteiger partial charge < -0.3 is 25.2 Å². The van der Waals surface area contributed by atoms with Crippen LogP contribution >= 0.6 is 12.2 Å². The highest BCUT2D eigenvalue weighted by Gasteiger charge is 2.41. The summed E-state index contributed by atoms with van der Waals surface area (Å²) in [4.78, 5) is 31.8. The number of nitrogens with one attached hydrogen (secondary N) is 2. The van der Waals surface area contributed by atoms with Crippen molar-refractivity contribution in [3.63, 3.8) is 0 Å². The van der Waals surface area contributed by atoms with E-state index in [1.165, 1.54) is 0 Å². The maximum absolute atomic E-state index is 13.1.